The van der Waals surface area contributed by atoms with Crippen LogP contribution in [0.5, 0.6) is 5.75 Å². The van der Waals surface area contributed by atoms with Crippen LogP contribution in [0.15, 0.2) is 23.1 Å². The van der Waals surface area contributed by atoms with Gasteiger partial charge in [-0.3, -0.25) is 4.68 Å². The van der Waals surface area contributed by atoms with Crippen LogP contribution < -0.4 is 4.74 Å². The summed E-state index contributed by atoms with van der Waals surface area (Å²) in [5.74, 6) is 0.815. The number of ether oxygens (including phenoxy) is 1. The maximum atomic E-state index is 13.2. The van der Waals surface area contributed by atoms with Gasteiger partial charge in [0.05, 0.1) is 22.8 Å². The third-order valence-electron chi connectivity index (χ3n) is 5.33. The van der Waals surface area contributed by atoms with Crippen molar-refractivity contribution in [1.29, 1.82) is 0 Å². The van der Waals surface area contributed by atoms with Gasteiger partial charge in [-0.1, -0.05) is 0 Å². The fourth-order valence-corrected chi connectivity index (χ4v) is 4.87. The van der Waals surface area contributed by atoms with E-state index >= 15 is 0 Å². The van der Waals surface area contributed by atoms with Crippen molar-refractivity contribution in [3.05, 3.63) is 23.9 Å². The van der Waals surface area contributed by atoms with Crippen molar-refractivity contribution >= 4 is 21.2 Å². The second-order valence-corrected chi connectivity index (χ2v) is 9.25. The van der Waals surface area contributed by atoms with Crippen LogP contribution >= 0.6 is 0 Å². The topological polar surface area (TPSA) is 106 Å². The second kappa shape index (κ2) is 7.89. The normalized spacial score (nSPS) is 16.3. The fraction of sp³-hybridized carbons (Fsp3) is 0.474. The zero-order valence-electron chi connectivity index (χ0n) is 17.5. The lowest BCUT2D eigenvalue weighted by Gasteiger charge is -2.31. The molecule has 1 aliphatic heterocycles. The van der Waals surface area contributed by atoms with E-state index in [9.17, 15) is 8.42 Å². The minimum atomic E-state index is -3.64. The highest BCUT2D eigenvalue weighted by Crippen LogP contribution is 2.32. The summed E-state index contributed by atoms with van der Waals surface area (Å²) in [6.07, 6.45) is 0. The maximum absolute atomic E-state index is 13.2. The highest BCUT2D eigenvalue weighted by Gasteiger charge is 2.28. The predicted molar refractivity (Wildman–Crippen MR) is 112 cm³/mol. The first-order valence-electron chi connectivity index (χ1n) is 9.81. The van der Waals surface area contributed by atoms with Crippen LogP contribution in [0.2, 0.25) is 0 Å². The Morgan fingerprint density at radius 3 is 2.53 bits per heavy atom. The Balaban J connectivity index is 1.80. The molecule has 1 fully saturated rings. The third kappa shape index (κ3) is 3.64. The highest BCUT2D eigenvalue weighted by molar-refractivity contribution is 7.89. The van der Waals surface area contributed by atoms with Crippen LogP contribution in [0.25, 0.3) is 22.6 Å². The lowest BCUT2D eigenvalue weighted by Crippen LogP contribution is -2.47. The molecule has 3 aromatic rings. The molecule has 1 saturated heterocycles. The molecule has 11 heteroatoms. The number of aryl methyl sites for hydroxylation is 2. The highest BCUT2D eigenvalue weighted by atomic mass is 32.2. The van der Waals surface area contributed by atoms with Crippen LogP contribution in [-0.4, -0.2) is 82.4 Å². The molecule has 30 heavy (non-hydrogen) atoms. The molecule has 3 heterocycles. The van der Waals surface area contributed by atoms with Gasteiger partial charge in [0.1, 0.15) is 11.3 Å². The van der Waals surface area contributed by atoms with Crippen molar-refractivity contribution in [2.24, 2.45) is 7.05 Å². The molecule has 0 spiro atoms. The lowest BCUT2D eigenvalue weighted by atomic mass is 10.2. The van der Waals surface area contributed by atoms with Gasteiger partial charge >= 0.3 is 0 Å². The molecular formula is C19H25N7O3S. The monoisotopic (exact) mass is 431 g/mol. The molecule has 4 rings (SSSR count). The SMILES string of the molecule is CCOc1ccc(S(=O)(=O)N2CCN(C)CC2)cc1-c1nnc2nn(C)c(C)c2n1. The summed E-state index contributed by atoms with van der Waals surface area (Å²) < 4.78 is 35.4. The summed E-state index contributed by atoms with van der Waals surface area (Å²) in [4.78, 5) is 6.91. The van der Waals surface area contributed by atoms with Gasteiger partial charge in [0, 0.05) is 33.2 Å². The van der Waals surface area contributed by atoms with Crippen LogP contribution in [-0.2, 0) is 17.1 Å². The van der Waals surface area contributed by atoms with Gasteiger partial charge in [0.15, 0.2) is 5.82 Å². The average Bonchev–Trinajstić information content (AvgIpc) is 3.02. The molecule has 0 atom stereocenters. The smallest absolute Gasteiger partial charge is 0.243 e. The van der Waals surface area contributed by atoms with Crippen molar-refractivity contribution in [2.75, 3.05) is 39.8 Å². The van der Waals surface area contributed by atoms with E-state index in [2.05, 4.69) is 25.2 Å². The number of hydrogen-bond donors (Lipinski definition) is 0. The summed E-state index contributed by atoms with van der Waals surface area (Å²) in [5, 5.41) is 12.6. The zero-order valence-corrected chi connectivity index (χ0v) is 18.3. The predicted octanol–water partition coefficient (Wildman–Crippen LogP) is 1.07. The Morgan fingerprint density at radius 2 is 1.83 bits per heavy atom. The van der Waals surface area contributed by atoms with Gasteiger partial charge in [-0.05, 0) is 39.1 Å². The van der Waals surface area contributed by atoms with Gasteiger partial charge in [0.2, 0.25) is 15.7 Å². The molecule has 2 aromatic heterocycles. The fourth-order valence-electron chi connectivity index (χ4n) is 3.42. The standard InChI is InChI=1S/C19H25N7O3S/c1-5-29-16-7-6-14(30(27,28)26-10-8-24(3)9-11-26)12-15(16)18-20-17-13(2)25(4)23-19(17)22-21-18/h6-7,12H,5,8-11H2,1-4H3. The van der Waals surface area contributed by atoms with Crippen molar-refractivity contribution in [1.82, 2.24) is 34.2 Å². The lowest BCUT2D eigenvalue weighted by molar-refractivity contribution is 0.222. The molecule has 10 nitrogen and oxygen atoms in total. The van der Waals surface area contributed by atoms with Gasteiger partial charge in [-0.2, -0.15) is 4.31 Å². The Labute approximate surface area is 175 Å². The van der Waals surface area contributed by atoms with E-state index in [4.69, 9.17) is 4.74 Å². The van der Waals surface area contributed by atoms with Gasteiger partial charge in [-0.15, -0.1) is 15.3 Å². The molecule has 0 amide bonds. The molecule has 0 N–H and O–H groups in total. The van der Waals surface area contributed by atoms with Gasteiger partial charge in [-0.25, -0.2) is 13.4 Å². The molecule has 1 aliphatic rings. The molecule has 0 radical (unpaired) electrons. The van der Waals surface area contributed by atoms with E-state index in [0.717, 1.165) is 5.69 Å². The van der Waals surface area contributed by atoms with Crippen LogP contribution in [0, 0.1) is 6.92 Å². The molecule has 0 bridgehead atoms. The van der Waals surface area contributed by atoms with Gasteiger partial charge in [0.25, 0.3) is 0 Å². The van der Waals surface area contributed by atoms with E-state index in [-0.39, 0.29) is 4.90 Å². The van der Waals surface area contributed by atoms with E-state index in [1.54, 1.807) is 22.9 Å². The maximum Gasteiger partial charge on any atom is 0.243 e. The van der Waals surface area contributed by atoms with Crippen LogP contribution in [0.1, 0.15) is 12.6 Å². The average molecular weight is 432 g/mol. The second-order valence-electron chi connectivity index (χ2n) is 7.31. The minimum Gasteiger partial charge on any atom is -0.493 e. The van der Waals surface area contributed by atoms with E-state index < -0.39 is 10.0 Å². The number of piperazine rings is 1. The number of fused-ring (bicyclic) bond motifs is 1. The Hall–Kier alpha value is -2.63. The number of benzene rings is 1. The third-order valence-corrected chi connectivity index (χ3v) is 7.23. The molecule has 1 aromatic carbocycles. The molecule has 0 unspecified atom stereocenters. The first kappa shape index (κ1) is 20.6. The van der Waals surface area contributed by atoms with Crippen LogP contribution in [0.3, 0.4) is 0 Å². The first-order chi connectivity index (χ1) is 14.3. The Bertz CT molecular complexity index is 1180. The summed E-state index contributed by atoms with van der Waals surface area (Å²) >= 11 is 0. The van der Waals surface area contributed by atoms with Crippen molar-refractivity contribution < 1.29 is 13.2 Å². The summed E-state index contributed by atoms with van der Waals surface area (Å²) in [6.45, 7) is 6.51. The van der Waals surface area contributed by atoms with Gasteiger partial charge < -0.3 is 9.64 Å². The summed E-state index contributed by atoms with van der Waals surface area (Å²) in [5.41, 5.74) is 2.40. The number of aromatic nitrogens is 5. The quantitative estimate of drug-likeness (QED) is 0.591. The number of rotatable bonds is 5. The molecule has 0 aliphatic carbocycles. The largest absolute Gasteiger partial charge is 0.493 e. The molecule has 0 saturated carbocycles. The zero-order chi connectivity index (χ0) is 21.5. The van der Waals surface area contributed by atoms with Crippen molar-refractivity contribution in [3.8, 4) is 17.1 Å². The first-order valence-corrected chi connectivity index (χ1v) is 11.2. The van der Waals surface area contributed by atoms with E-state index in [0.29, 0.717) is 61.1 Å². The summed E-state index contributed by atoms with van der Waals surface area (Å²) in [6, 6.07) is 4.81. The van der Waals surface area contributed by atoms with E-state index in [1.165, 1.54) is 4.31 Å². The van der Waals surface area contributed by atoms with Crippen molar-refractivity contribution in [3.63, 3.8) is 0 Å². The number of likely N-dealkylation sites (N-methyl/N-ethyl adjacent to an activating group) is 1. The van der Waals surface area contributed by atoms with E-state index in [1.807, 2.05) is 27.9 Å². The van der Waals surface area contributed by atoms with Crippen molar-refractivity contribution in [2.45, 2.75) is 18.7 Å². The number of hydrogen-bond acceptors (Lipinski definition) is 8. The van der Waals surface area contributed by atoms with Crippen LogP contribution in [0.4, 0.5) is 0 Å². The molecule has 160 valence electrons. The Morgan fingerprint density at radius 1 is 1.10 bits per heavy atom. The summed E-state index contributed by atoms with van der Waals surface area (Å²) in [7, 11) is 0.163. The molecular weight excluding hydrogens is 406 g/mol. The minimum absolute atomic E-state index is 0.192. The Kier molecular flexibility index (Phi) is 5.43. The number of nitrogens with zero attached hydrogens (tertiary/aromatic N) is 7. The number of sulfonamides is 1.